The zero-order valence-corrected chi connectivity index (χ0v) is 9.91. The van der Waals surface area contributed by atoms with Crippen LogP contribution in [-0.2, 0) is 0 Å². The number of aryl methyl sites for hydroxylation is 1. The molecule has 4 nitrogen and oxygen atoms in total. The van der Waals surface area contributed by atoms with Gasteiger partial charge in [0.25, 0.3) is 4.80 Å². The van der Waals surface area contributed by atoms with Crippen LogP contribution in [0.25, 0.3) is 11.5 Å². The van der Waals surface area contributed by atoms with E-state index in [1.54, 1.807) is 7.11 Å². The van der Waals surface area contributed by atoms with Crippen molar-refractivity contribution in [2.24, 2.45) is 0 Å². The number of methoxy groups -OCH3 is 1. The highest BCUT2D eigenvalue weighted by Gasteiger charge is 2.08. The first kappa shape index (κ1) is 10.2. The molecule has 1 aromatic carbocycles. The summed E-state index contributed by atoms with van der Waals surface area (Å²) in [5.74, 6) is 1.28. The van der Waals surface area contributed by atoms with Gasteiger partial charge in [-0.05, 0) is 24.6 Å². The van der Waals surface area contributed by atoms with Crippen molar-refractivity contribution in [1.82, 2.24) is 10.2 Å². The van der Waals surface area contributed by atoms with Gasteiger partial charge in [0.1, 0.15) is 5.75 Å². The molecule has 0 saturated heterocycles. The second-order valence-corrected chi connectivity index (χ2v) is 3.72. The van der Waals surface area contributed by atoms with Crippen LogP contribution in [0.2, 0.25) is 0 Å². The van der Waals surface area contributed by atoms with Gasteiger partial charge in [0.15, 0.2) is 0 Å². The number of hydrogen-bond acceptors (Lipinski definition) is 4. The van der Waals surface area contributed by atoms with Crippen LogP contribution >= 0.6 is 15.9 Å². The molecular weight excluding hydrogens is 260 g/mol. The molecule has 0 bridgehead atoms. The molecule has 78 valence electrons. The molecule has 0 fully saturated rings. The van der Waals surface area contributed by atoms with Gasteiger partial charge in [-0.2, -0.15) is 0 Å². The Morgan fingerprint density at radius 3 is 2.73 bits per heavy atom. The molecule has 0 amide bonds. The van der Waals surface area contributed by atoms with Crippen LogP contribution in [0.4, 0.5) is 0 Å². The van der Waals surface area contributed by atoms with Crippen LogP contribution < -0.4 is 4.74 Å². The molecule has 0 aliphatic carbocycles. The molecule has 0 N–H and O–H groups in total. The average Bonchev–Trinajstić information content (AvgIpc) is 2.66. The molecule has 5 heteroatoms. The smallest absolute Gasteiger partial charge is 0.285 e. The number of nitrogens with zero attached hydrogens (tertiary/aromatic N) is 2. The van der Waals surface area contributed by atoms with Crippen LogP contribution in [0.15, 0.2) is 27.4 Å². The van der Waals surface area contributed by atoms with Crippen LogP contribution in [0.3, 0.4) is 0 Å². The summed E-state index contributed by atoms with van der Waals surface area (Å²) >= 11 is 3.11. The molecule has 0 radical (unpaired) electrons. The molecule has 1 aromatic heterocycles. The van der Waals surface area contributed by atoms with Gasteiger partial charge in [0.2, 0.25) is 5.89 Å². The molecule has 0 aliphatic rings. The van der Waals surface area contributed by atoms with Gasteiger partial charge in [-0.3, -0.25) is 0 Å². The summed E-state index contributed by atoms with van der Waals surface area (Å²) in [7, 11) is 1.63. The van der Waals surface area contributed by atoms with E-state index in [1.807, 2.05) is 25.1 Å². The second-order valence-electron chi connectivity index (χ2n) is 3.04. The number of benzene rings is 1. The normalized spacial score (nSPS) is 10.3. The Morgan fingerprint density at radius 1 is 1.33 bits per heavy atom. The topological polar surface area (TPSA) is 48.2 Å². The van der Waals surface area contributed by atoms with Gasteiger partial charge in [-0.25, -0.2) is 0 Å². The monoisotopic (exact) mass is 268 g/mol. The van der Waals surface area contributed by atoms with Crippen molar-refractivity contribution in [3.05, 3.63) is 28.6 Å². The van der Waals surface area contributed by atoms with Crippen molar-refractivity contribution < 1.29 is 9.15 Å². The van der Waals surface area contributed by atoms with Crippen molar-refractivity contribution in [2.75, 3.05) is 7.11 Å². The third kappa shape index (κ3) is 2.02. The Balaban J connectivity index is 2.45. The van der Waals surface area contributed by atoms with E-state index in [0.717, 1.165) is 16.9 Å². The molecule has 0 saturated carbocycles. The third-order valence-electron chi connectivity index (χ3n) is 2.06. The maximum absolute atomic E-state index is 5.25. The molecule has 0 spiro atoms. The van der Waals surface area contributed by atoms with Crippen molar-refractivity contribution in [2.45, 2.75) is 6.92 Å². The lowest BCUT2D eigenvalue weighted by atomic mass is 10.1. The largest absolute Gasteiger partial charge is 0.496 e. The highest BCUT2D eigenvalue weighted by molar-refractivity contribution is 9.10. The lowest BCUT2D eigenvalue weighted by Gasteiger charge is -2.04. The van der Waals surface area contributed by atoms with Crippen molar-refractivity contribution in [3.63, 3.8) is 0 Å². The number of hydrogen-bond donors (Lipinski definition) is 0. The Labute approximate surface area is 95.4 Å². The zero-order valence-electron chi connectivity index (χ0n) is 8.32. The maximum atomic E-state index is 5.25. The number of halogens is 1. The third-order valence-corrected chi connectivity index (χ3v) is 2.38. The standard InChI is InChI=1S/C10H9BrN2O2/c1-6-3-4-7(5-8(6)14-2)9-12-13-10(11)15-9/h3-5H,1-2H3. The average molecular weight is 269 g/mol. The Hall–Kier alpha value is -1.36. The minimum Gasteiger partial charge on any atom is -0.496 e. The van der Waals surface area contributed by atoms with E-state index in [0.29, 0.717) is 10.7 Å². The Morgan fingerprint density at radius 2 is 2.13 bits per heavy atom. The summed E-state index contributed by atoms with van der Waals surface area (Å²) in [6.07, 6.45) is 0. The lowest BCUT2D eigenvalue weighted by Crippen LogP contribution is -1.88. The van der Waals surface area contributed by atoms with E-state index in [-0.39, 0.29) is 0 Å². The van der Waals surface area contributed by atoms with Crippen molar-refractivity contribution in [3.8, 4) is 17.2 Å². The first-order valence-corrected chi connectivity index (χ1v) is 5.14. The summed E-state index contributed by atoms with van der Waals surface area (Å²) in [6, 6.07) is 5.74. The van der Waals surface area contributed by atoms with Crippen LogP contribution in [-0.4, -0.2) is 17.3 Å². The molecule has 1 heterocycles. The molecular formula is C10H9BrN2O2. The van der Waals surface area contributed by atoms with Gasteiger partial charge in [-0.1, -0.05) is 6.07 Å². The predicted octanol–water partition coefficient (Wildman–Crippen LogP) is 2.82. The van der Waals surface area contributed by atoms with E-state index in [2.05, 4.69) is 26.1 Å². The van der Waals surface area contributed by atoms with Crippen LogP contribution in [0.5, 0.6) is 5.75 Å². The highest BCUT2D eigenvalue weighted by atomic mass is 79.9. The summed E-state index contributed by atoms with van der Waals surface area (Å²) in [5, 5.41) is 7.60. The van der Waals surface area contributed by atoms with Gasteiger partial charge >= 0.3 is 0 Å². The molecule has 0 unspecified atom stereocenters. The number of ether oxygens (including phenoxy) is 1. The van der Waals surface area contributed by atoms with Crippen LogP contribution in [0, 0.1) is 6.92 Å². The maximum Gasteiger partial charge on any atom is 0.285 e. The first-order chi connectivity index (χ1) is 7.20. The summed E-state index contributed by atoms with van der Waals surface area (Å²) < 4.78 is 10.5. The number of rotatable bonds is 2. The summed E-state index contributed by atoms with van der Waals surface area (Å²) in [5.41, 5.74) is 1.91. The predicted molar refractivity (Wildman–Crippen MR) is 58.7 cm³/mol. The van der Waals surface area contributed by atoms with E-state index in [1.165, 1.54) is 0 Å². The van der Waals surface area contributed by atoms with Gasteiger partial charge in [0.05, 0.1) is 7.11 Å². The van der Waals surface area contributed by atoms with E-state index in [4.69, 9.17) is 9.15 Å². The van der Waals surface area contributed by atoms with Gasteiger partial charge in [-0.15, -0.1) is 10.2 Å². The van der Waals surface area contributed by atoms with E-state index in [9.17, 15) is 0 Å². The summed E-state index contributed by atoms with van der Waals surface area (Å²) in [4.78, 5) is 0.372. The fourth-order valence-electron chi connectivity index (χ4n) is 1.28. The minimum absolute atomic E-state index is 0.372. The minimum atomic E-state index is 0.372. The van der Waals surface area contributed by atoms with E-state index >= 15 is 0 Å². The second kappa shape index (κ2) is 4.02. The molecule has 2 rings (SSSR count). The molecule has 2 aromatic rings. The SMILES string of the molecule is COc1cc(-c2nnc(Br)o2)ccc1C. The van der Waals surface area contributed by atoms with E-state index < -0.39 is 0 Å². The Bertz CT molecular complexity index is 482. The highest BCUT2D eigenvalue weighted by Crippen LogP contribution is 2.26. The fourth-order valence-corrected chi connectivity index (χ4v) is 1.51. The summed E-state index contributed by atoms with van der Waals surface area (Å²) in [6.45, 7) is 1.98. The quantitative estimate of drug-likeness (QED) is 0.841. The zero-order chi connectivity index (χ0) is 10.8. The molecule has 15 heavy (non-hydrogen) atoms. The van der Waals surface area contributed by atoms with Crippen LogP contribution in [0.1, 0.15) is 5.56 Å². The molecule has 0 aliphatic heterocycles. The van der Waals surface area contributed by atoms with Gasteiger partial charge < -0.3 is 9.15 Å². The first-order valence-electron chi connectivity index (χ1n) is 4.34. The molecule has 0 atom stereocenters. The Kier molecular flexibility index (Phi) is 2.73. The van der Waals surface area contributed by atoms with Crippen molar-refractivity contribution in [1.29, 1.82) is 0 Å². The number of aromatic nitrogens is 2. The lowest BCUT2D eigenvalue weighted by molar-refractivity contribution is 0.411. The fraction of sp³-hybridized carbons (Fsp3) is 0.200. The van der Waals surface area contributed by atoms with Gasteiger partial charge in [0, 0.05) is 21.5 Å². The van der Waals surface area contributed by atoms with Crippen molar-refractivity contribution >= 4 is 15.9 Å².